The van der Waals surface area contributed by atoms with E-state index in [1.54, 1.807) is 24.3 Å². The molecule has 0 radical (unpaired) electrons. The summed E-state index contributed by atoms with van der Waals surface area (Å²) < 4.78 is 32.9. The van der Waals surface area contributed by atoms with Crippen molar-refractivity contribution in [1.82, 2.24) is 10.0 Å². The Kier molecular flexibility index (Phi) is 6.25. The molecule has 0 aliphatic heterocycles. The highest BCUT2D eigenvalue weighted by Crippen LogP contribution is 2.40. The van der Waals surface area contributed by atoms with E-state index in [0.717, 1.165) is 25.7 Å². The first-order chi connectivity index (χ1) is 15.0. The van der Waals surface area contributed by atoms with Crippen LogP contribution in [0.15, 0.2) is 82.3 Å². The van der Waals surface area contributed by atoms with Crippen LogP contribution in [0.1, 0.15) is 47.4 Å². The van der Waals surface area contributed by atoms with Crippen molar-refractivity contribution < 1.29 is 17.6 Å². The molecule has 0 unspecified atom stereocenters. The van der Waals surface area contributed by atoms with E-state index in [1.807, 2.05) is 18.2 Å². The molecule has 31 heavy (non-hydrogen) atoms. The monoisotopic (exact) mass is 438 g/mol. The molecule has 1 aliphatic carbocycles. The minimum atomic E-state index is -3.77. The predicted octanol–water partition coefficient (Wildman–Crippen LogP) is 4.00. The van der Waals surface area contributed by atoms with Gasteiger partial charge < -0.3 is 9.73 Å². The fourth-order valence-corrected chi connectivity index (χ4v) is 5.27. The quantitative estimate of drug-likeness (QED) is 0.556. The molecule has 0 spiro atoms. The molecule has 0 bridgehead atoms. The molecule has 7 heteroatoms. The molecule has 6 nitrogen and oxygen atoms in total. The van der Waals surface area contributed by atoms with E-state index < -0.39 is 10.0 Å². The lowest BCUT2D eigenvalue weighted by molar-refractivity contribution is 0.0943. The van der Waals surface area contributed by atoms with Crippen LogP contribution in [0.25, 0.3) is 0 Å². The second-order valence-electron chi connectivity index (χ2n) is 7.97. The van der Waals surface area contributed by atoms with Gasteiger partial charge in [0.05, 0.1) is 17.7 Å². The maximum atomic E-state index is 12.9. The van der Waals surface area contributed by atoms with Gasteiger partial charge in [-0.05, 0) is 48.7 Å². The van der Waals surface area contributed by atoms with Crippen LogP contribution in [0.3, 0.4) is 0 Å². The van der Waals surface area contributed by atoms with Crippen molar-refractivity contribution in [1.29, 1.82) is 0 Å². The Bertz CT molecular complexity index is 1120. The summed E-state index contributed by atoms with van der Waals surface area (Å²) in [6.45, 7) is 0.578. The van der Waals surface area contributed by atoms with Crippen LogP contribution in [-0.2, 0) is 22.0 Å². The molecule has 1 saturated carbocycles. The number of furan rings is 1. The molecule has 1 aromatic heterocycles. The summed E-state index contributed by atoms with van der Waals surface area (Å²) in [5.74, 6) is 0.241. The van der Waals surface area contributed by atoms with Crippen LogP contribution >= 0.6 is 0 Å². The Labute approximate surface area is 182 Å². The van der Waals surface area contributed by atoms with Crippen LogP contribution in [0.5, 0.6) is 0 Å². The molecule has 2 aromatic carbocycles. The SMILES string of the molecule is O=C(NCC1(c2ccccc2)CCCC1)c1cccc(S(=O)(=O)NCc2ccco2)c1. The highest BCUT2D eigenvalue weighted by molar-refractivity contribution is 7.89. The number of rotatable bonds is 8. The van der Waals surface area contributed by atoms with Crippen molar-refractivity contribution >= 4 is 15.9 Å². The lowest BCUT2D eigenvalue weighted by Gasteiger charge is -2.30. The Balaban J connectivity index is 1.45. The normalized spacial score (nSPS) is 15.6. The van der Waals surface area contributed by atoms with Gasteiger partial charge in [0.1, 0.15) is 5.76 Å². The molecule has 1 fully saturated rings. The van der Waals surface area contributed by atoms with Crippen molar-refractivity contribution in [2.75, 3.05) is 6.54 Å². The second kappa shape index (κ2) is 9.08. The first-order valence-electron chi connectivity index (χ1n) is 10.4. The van der Waals surface area contributed by atoms with E-state index in [1.165, 1.54) is 24.0 Å². The molecule has 1 aliphatic rings. The van der Waals surface area contributed by atoms with E-state index >= 15 is 0 Å². The highest BCUT2D eigenvalue weighted by atomic mass is 32.2. The standard InChI is InChI=1S/C24H26N2O4S/c27-23(25-18-24(13-4-5-14-24)20-9-2-1-3-10-20)19-8-6-12-22(16-19)31(28,29)26-17-21-11-7-15-30-21/h1-3,6-12,15-16,26H,4-5,13-14,17-18H2,(H,25,27). The second-order valence-corrected chi connectivity index (χ2v) is 9.73. The predicted molar refractivity (Wildman–Crippen MR) is 118 cm³/mol. The molecule has 1 amide bonds. The minimum Gasteiger partial charge on any atom is -0.468 e. The topological polar surface area (TPSA) is 88.4 Å². The third-order valence-electron chi connectivity index (χ3n) is 5.96. The lowest BCUT2D eigenvalue weighted by Crippen LogP contribution is -2.39. The number of sulfonamides is 1. The first kappa shape index (κ1) is 21.3. The van der Waals surface area contributed by atoms with Crippen LogP contribution in [0.2, 0.25) is 0 Å². The fraction of sp³-hybridized carbons (Fsp3) is 0.292. The first-order valence-corrected chi connectivity index (χ1v) is 11.9. The van der Waals surface area contributed by atoms with Crippen LogP contribution in [-0.4, -0.2) is 20.9 Å². The van der Waals surface area contributed by atoms with Crippen molar-refractivity contribution in [2.24, 2.45) is 0 Å². The zero-order valence-electron chi connectivity index (χ0n) is 17.2. The summed E-state index contributed by atoms with van der Waals surface area (Å²) in [5, 5.41) is 3.04. The molecule has 2 N–H and O–H groups in total. The molecule has 3 aromatic rings. The highest BCUT2D eigenvalue weighted by Gasteiger charge is 2.35. The zero-order chi connectivity index (χ0) is 21.7. The summed E-state index contributed by atoms with van der Waals surface area (Å²) >= 11 is 0. The van der Waals surface area contributed by atoms with Crippen molar-refractivity contribution in [3.8, 4) is 0 Å². The number of carbonyl (C=O) groups excluding carboxylic acids is 1. The molecule has 162 valence electrons. The summed E-state index contributed by atoms with van der Waals surface area (Å²) in [6, 6.07) is 19.8. The molecular weight excluding hydrogens is 412 g/mol. The Hall–Kier alpha value is -2.90. The van der Waals surface area contributed by atoms with Gasteiger partial charge in [-0.3, -0.25) is 4.79 Å². The third-order valence-corrected chi connectivity index (χ3v) is 7.36. The average Bonchev–Trinajstić information content (AvgIpc) is 3.50. The lowest BCUT2D eigenvalue weighted by atomic mass is 9.79. The molecule has 4 rings (SSSR count). The maximum absolute atomic E-state index is 12.9. The van der Waals surface area contributed by atoms with Gasteiger partial charge in [0.25, 0.3) is 5.91 Å². The van der Waals surface area contributed by atoms with Crippen molar-refractivity contribution in [3.05, 3.63) is 89.9 Å². The molecule has 0 atom stereocenters. The number of amides is 1. The van der Waals surface area contributed by atoms with Gasteiger partial charge in [-0.2, -0.15) is 0 Å². The average molecular weight is 439 g/mol. The Morgan fingerprint density at radius 2 is 1.74 bits per heavy atom. The molecule has 1 heterocycles. The summed E-state index contributed by atoms with van der Waals surface area (Å²) in [5.41, 5.74) is 1.50. The van der Waals surface area contributed by atoms with Gasteiger partial charge in [-0.15, -0.1) is 0 Å². The van der Waals surface area contributed by atoms with Gasteiger partial charge in [-0.1, -0.05) is 49.2 Å². The number of hydrogen-bond donors (Lipinski definition) is 2. The third kappa shape index (κ3) is 4.89. The largest absolute Gasteiger partial charge is 0.468 e. The fourth-order valence-electron chi connectivity index (χ4n) is 4.23. The number of carbonyl (C=O) groups is 1. The maximum Gasteiger partial charge on any atom is 0.251 e. The van der Waals surface area contributed by atoms with E-state index in [9.17, 15) is 13.2 Å². The van der Waals surface area contributed by atoms with Gasteiger partial charge in [0.15, 0.2) is 0 Å². The van der Waals surface area contributed by atoms with Gasteiger partial charge in [0.2, 0.25) is 10.0 Å². The van der Waals surface area contributed by atoms with E-state index in [-0.39, 0.29) is 22.8 Å². The summed E-state index contributed by atoms with van der Waals surface area (Å²) in [4.78, 5) is 12.9. The number of nitrogens with one attached hydrogen (secondary N) is 2. The molecular formula is C24H26N2O4S. The van der Waals surface area contributed by atoms with Gasteiger partial charge in [-0.25, -0.2) is 13.1 Å². The van der Waals surface area contributed by atoms with E-state index in [4.69, 9.17) is 4.42 Å². The minimum absolute atomic E-state index is 0.0466. The van der Waals surface area contributed by atoms with Crippen LogP contribution in [0.4, 0.5) is 0 Å². The Morgan fingerprint density at radius 3 is 2.45 bits per heavy atom. The van der Waals surface area contributed by atoms with Crippen LogP contribution in [0, 0.1) is 0 Å². The smallest absolute Gasteiger partial charge is 0.251 e. The summed E-state index contributed by atoms with van der Waals surface area (Å²) in [6.07, 6.45) is 5.83. The van der Waals surface area contributed by atoms with Crippen molar-refractivity contribution in [3.63, 3.8) is 0 Å². The molecule has 0 saturated heterocycles. The van der Waals surface area contributed by atoms with Gasteiger partial charge >= 0.3 is 0 Å². The van der Waals surface area contributed by atoms with E-state index in [0.29, 0.717) is 17.9 Å². The Morgan fingerprint density at radius 1 is 0.968 bits per heavy atom. The number of hydrogen-bond acceptors (Lipinski definition) is 4. The van der Waals surface area contributed by atoms with Crippen LogP contribution < -0.4 is 10.0 Å². The zero-order valence-corrected chi connectivity index (χ0v) is 18.0. The van der Waals surface area contributed by atoms with Crippen molar-refractivity contribution in [2.45, 2.75) is 42.5 Å². The van der Waals surface area contributed by atoms with E-state index in [2.05, 4.69) is 22.2 Å². The van der Waals surface area contributed by atoms with Gasteiger partial charge in [0, 0.05) is 17.5 Å². The number of benzene rings is 2. The summed E-state index contributed by atoms with van der Waals surface area (Å²) in [7, 11) is -3.77.